The topological polar surface area (TPSA) is 41.9 Å². The molecule has 1 aromatic heterocycles. The van der Waals surface area contributed by atoms with Crippen LogP contribution in [0, 0.1) is 6.92 Å². The summed E-state index contributed by atoms with van der Waals surface area (Å²) >= 11 is 0. The molecule has 1 atom stereocenters. The van der Waals surface area contributed by atoms with Gasteiger partial charge in [-0.1, -0.05) is 18.2 Å². The van der Waals surface area contributed by atoms with E-state index in [0.29, 0.717) is 6.04 Å². The van der Waals surface area contributed by atoms with Gasteiger partial charge in [0.15, 0.2) is 0 Å². The maximum absolute atomic E-state index is 4.33. The summed E-state index contributed by atoms with van der Waals surface area (Å²) in [5.41, 5.74) is 6.65. The highest BCUT2D eigenvalue weighted by Crippen LogP contribution is 2.26. The SMILES string of the molecule is Cc1c(C(C)NCc2cccc3c2NCCC3)cnn1C. The third-order valence-electron chi connectivity index (χ3n) is 4.50. The quantitative estimate of drug-likeness (QED) is 0.907. The lowest BCUT2D eigenvalue weighted by Gasteiger charge is -2.22. The van der Waals surface area contributed by atoms with E-state index in [4.69, 9.17) is 0 Å². The van der Waals surface area contributed by atoms with Crippen molar-refractivity contribution in [2.45, 2.75) is 39.3 Å². The summed E-state index contributed by atoms with van der Waals surface area (Å²) in [5.74, 6) is 0. The number of rotatable bonds is 4. The first-order chi connectivity index (χ1) is 10.2. The monoisotopic (exact) mass is 284 g/mol. The van der Waals surface area contributed by atoms with Gasteiger partial charge in [0.25, 0.3) is 0 Å². The minimum atomic E-state index is 0.304. The fourth-order valence-electron chi connectivity index (χ4n) is 3.04. The Morgan fingerprint density at radius 1 is 1.43 bits per heavy atom. The normalized spacial score (nSPS) is 15.4. The molecule has 0 aliphatic carbocycles. The molecule has 4 nitrogen and oxygen atoms in total. The van der Waals surface area contributed by atoms with Gasteiger partial charge in [-0.05, 0) is 37.8 Å². The van der Waals surface area contributed by atoms with Gasteiger partial charge in [-0.2, -0.15) is 5.10 Å². The molecule has 0 radical (unpaired) electrons. The number of fused-ring (bicyclic) bond motifs is 1. The molecular weight excluding hydrogens is 260 g/mol. The van der Waals surface area contributed by atoms with E-state index in [1.54, 1.807) is 0 Å². The van der Waals surface area contributed by atoms with Crippen molar-refractivity contribution in [1.29, 1.82) is 0 Å². The van der Waals surface area contributed by atoms with Gasteiger partial charge in [0.1, 0.15) is 0 Å². The lowest BCUT2D eigenvalue weighted by atomic mass is 9.99. The zero-order valence-electron chi connectivity index (χ0n) is 13.1. The minimum absolute atomic E-state index is 0.304. The summed E-state index contributed by atoms with van der Waals surface area (Å²) in [6, 6.07) is 6.92. The average Bonchev–Trinajstić information content (AvgIpc) is 2.84. The molecule has 1 aliphatic rings. The number of anilines is 1. The standard InChI is InChI=1S/C17H24N4/c1-12(16-11-20-21(3)13(16)2)19-10-15-7-4-6-14-8-5-9-18-17(14)15/h4,6-7,11-12,18-19H,5,8-10H2,1-3H3. The Bertz CT molecular complexity index is 630. The summed E-state index contributed by atoms with van der Waals surface area (Å²) in [4.78, 5) is 0. The maximum Gasteiger partial charge on any atom is 0.0540 e. The van der Waals surface area contributed by atoms with Gasteiger partial charge in [0.2, 0.25) is 0 Å². The summed E-state index contributed by atoms with van der Waals surface area (Å²) in [6.07, 6.45) is 4.38. The predicted molar refractivity (Wildman–Crippen MR) is 86.5 cm³/mol. The molecule has 112 valence electrons. The Balaban J connectivity index is 1.72. The van der Waals surface area contributed by atoms with Crippen LogP contribution in [0.1, 0.15) is 41.8 Å². The second kappa shape index (κ2) is 5.90. The van der Waals surface area contributed by atoms with E-state index in [1.165, 1.54) is 40.9 Å². The molecule has 0 bridgehead atoms. The molecule has 0 saturated heterocycles. The van der Waals surface area contributed by atoms with Gasteiger partial charge < -0.3 is 10.6 Å². The van der Waals surface area contributed by atoms with Crippen molar-refractivity contribution in [2.75, 3.05) is 11.9 Å². The van der Waals surface area contributed by atoms with Crippen molar-refractivity contribution in [3.63, 3.8) is 0 Å². The Kier molecular flexibility index (Phi) is 3.97. The summed E-state index contributed by atoms with van der Waals surface area (Å²) in [7, 11) is 1.99. The van der Waals surface area contributed by atoms with Gasteiger partial charge in [-0.25, -0.2) is 0 Å². The van der Waals surface area contributed by atoms with Crippen molar-refractivity contribution < 1.29 is 0 Å². The zero-order chi connectivity index (χ0) is 14.8. The summed E-state index contributed by atoms with van der Waals surface area (Å²) in [5, 5.41) is 11.5. The van der Waals surface area contributed by atoms with Crippen LogP contribution in [0.15, 0.2) is 24.4 Å². The predicted octanol–water partition coefficient (Wildman–Crippen LogP) is 2.94. The number of hydrogen-bond donors (Lipinski definition) is 2. The van der Waals surface area contributed by atoms with E-state index in [1.807, 2.05) is 17.9 Å². The Hall–Kier alpha value is -1.81. The van der Waals surface area contributed by atoms with Crippen LogP contribution in [0.5, 0.6) is 0 Å². The first-order valence-electron chi connectivity index (χ1n) is 7.73. The highest BCUT2D eigenvalue weighted by Gasteiger charge is 2.15. The van der Waals surface area contributed by atoms with Crippen LogP contribution in [0.25, 0.3) is 0 Å². The van der Waals surface area contributed by atoms with E-state index in [2.05, 4.69) is 47.8 Å². The Morgan fingerprint density at radius 2 is 2.29 bits per heavy atom. The Labute approximate surface area is 126 Å². The first kappa shape index (κ1) is 14.1. The minimum Gasteiger partial charge on any atom is -0.385 e. The average molecular weight is 284 g/mol. The van der Waals surface area contributed by atoms with Gasteiger partial charge in [-0.3, -0.25) is 4.68 Å². The molecule has 2 N–H and O–H groups in total. The highest BCUT2D eigenvalue weighted by molar-refractivity contribution is 5.59. The molecule has 1 aromatic carbocycles. The van der Waals surface area contributed by atoms with Crippen LogP contribution in [-0.2, 0) is 20.0 Å². The summed E-state index contributed by atoms with van der Waals surface area (Å²) in [6.45, 7) is 6.28. The molecule has 1 unspecified atom stereocenters. The molecule has 0 saturated carbocycles. The number of nitrogens with one attached hydrogen (secondary N) is 2. The smallest absolute Gasteiger partial charge is 0.0540 e. The molecule has 4 heteroatoms. The van der Waals surface area contributed by atoms with Crippen LogP contribution < -0.4 is 10.6 Å². The van der Waals surface area contributed by atoms with E-state index in [-0.39, 0.29) is 0 Å². The van der Waals surface area contributed by atoms with Crippen molar-refractivity contribution >= 4 is 5.69 Å². The van der Waals surface area contributed by atoms with E-state index in [0.717, 1.165) is 13.1 Å². The molecule has 0 fully saturated rings. The van der Waals surface area contributed by atoms with E-state index < -0.39 is 0 Å². The molecule has 21 heavy (non-hydrogen) atoms. The number of nitrogens with zero attached hydrogens (tertiary/aromatic N) is 2. The molecule has 2 heterocycles. The molecule has 1 aliphatic heterocycles. The number of benzene rings is 1. The van der Waals surface area contributed by atoms with Crippen LogP contribution >= 0.6 is 0 Å². The molecule has 0 amide bonds. The van der Waals surface area contributed by atoms with Crippen molar-refractivity contribution in [3.8, 4) is 0 Å². The van der Waals surface area contributed by atoms with Crippen LogP contribution in [0.3, 0.4) is 0 Å². The van der Waals surface area contributed by atoms with E-state index in [9.17, 15) is 0 Å². The second-order valence-corrected chi connectivity index (χ2v) is 5.89. The third kappa shape index (κ3) is 2.81. The van der Waals surface area contributed by atoms with Gasteiger partial charge in [-0.15, -0.1) is 0 Å². The summed E-state index contributed by atoms with van der Waals surface area (Å²) < 4.78 is 1.93. The lowest BCUT2D eigenvalue weighted by Crippen LogP contribution is -2.21. The number of hydrogen-bond acceptors (Lipinski definition) is 3. The van der Waals surface area contributed by atoms with Crippen LogP contribution in [0.4, 0.5) is 5.69 Å². The number of aryl methyl sites for hydroxylation is 2. The van der Waals surface area contributed by atoms with Gasteiger partial charge in [0.05, 0.1) is 6.20 Å². The first-order valence-corrected chi connectivity index (χ1v) is 7.73. The molecule has 3 rings (SSSR count). The van der Waals surface area contributed by atoms with Crippen LogP contribution in [-0.4, -0.2) is 16.3 Å². The molecular formula is C17H24N4. The lowest BCUT2D eigenvalue weighted by molar-refractivity contribution is 0.570. The third-order valence-corrected chi connectivity index (χ3v) is 4.50. The van der Waals surface area contributed by atoms with Crippen LogP contribution in [0.2, 0.25) is 0 Å². The van der Waals surface area contributed by atoms with Crippen molar-refractivity contribution in [3.05, 3.63) is 46.8 Å². The van der Waals surface area contributed by atoms with Crippen molar-refractivity contribution in [2.24, 2.45) is 7.05 Å². The molecule has 0 spiro atoms. The molecule has 2 aromatic rings. The number of aromatic nitrogens is 2. The second-order valence-electron chi connectivity index (χ2n) is 5.89. The van der Waals surface area contributed by atoms with Gasteiger partial charge >= 0.3 is 0 Å². The maximum atomic E-state index is 4.33. The van der Waals surface area contributed by atoms with Crippen molar-refractivity contribution in [1.82, 2.24) is 15.1 Å². The zero-order valence-corrected chi connectivity index (χ0v) is 13.1. The largest absolute Gasteiger partial charge is 0.385 e. The fourth-order valence-corrected chi connectivity index (χ4v) is 3.04. The fraction of sp³-hybridized carbons (Fsp3) is 0.471. The van der Waals surface area contributed by atoms with Gasteiger partial charge in [0, 0.05) is 43.1 Å². The Morgan fingerprint density at radius 3 is 3.05 bits per heavy atom. The highest BCUT2D eigenvalue weighted by atomic mass is 15.3. The number of para-hydroxylation sites is 1. The van der Waals surface area contributed by atoms with E-state index >= 15 is 0 Å².